The van der Waals surface area contributed by atoms with E-state index >= 15 is 0 Å². The van der Waals surface area contributed by atoms with E-state index in [1.807, 2.05) is 16.6 Å². The number of morpholine rings is 1. The molecule has 3 aromatic rings. The molecule has 0 unspecified atom stereocenters. The largest absolute Gasteiger partial charge is 0.370 e. The van der Waals surface area contributed by atoms with Crippen LogP contribution < -0.4 is 4.90 Å². The van der Waals surface area contributed by atoms with Gasteiger partial charge in [0.15, 0.2) is 11.5 Å². The highest BCUT2D eigenvalue weighted by molar-refractivity contribution is 5.47. The Hall–Kier alpha value is -2.47. The maximum atomic E-state index is 6.13. The monoisotopic (exact) mass is 337 g/mol. The van der Waals surface area contributed by atoms with Gasteiger partial charge in [-0.15, -0.1) is 15.3 Å². The molecule has 0 bridgehead atoms. The maximum Gasteiger partial charge on any atom is 0.178 e. The average Bonchev–Trinajstić information content (AvgIpc) is 3.05. The van der Waals surface area contributed by atoms with Crippen molar-refractivity contribution in [3.05, 3.63) is 53.3 Å². The topological polar surface area (TPSA) is 55.5 Å². The normalized spacial score (nSPS) is 21.0. The van der Waals surface area contributed by atoms with Crippen molar-refractivity contribution in [1.29, 1.82) is 0 Å². The minimum absolute atomic E-state index is 0.0569. The van der Waals surface area contributed by atoms with Crippen LogP contribution in [0.5, 0.6) is 0 Å². The second-order valence-electron chi connectivity index (χ2n) is 6.61. The van der Waals surface area contributed by atoms with Gasteiger partial charge in [-0.2, -0.15) is 4.52 Å². The Morgan fingerprint density at radius 3 is 2.80 bits per heavy atom. The van der Waals surface area contributed by atoms with Crippen LogP contribution >= 0.6 is 0 Å². The summed E-state index contributed by atoms with van der Waals surface area (Å²) >= 11 is 0. The molecule has 1 aliphatic rings. The first-order valence-corrected chi connectivity index (χ1v) is 8.82. The van der Waals surface area contributed by atoms with Gasteiger partial charge in [-0.05, 0) is 37.1 Å². The molecule has 2 atom stereocenters. The molecule has 1 fully saturated rings. The van der Waals surface area contributed by atoms with Crippen molar-refractivity contribution >= 4 is 11.5 Å². The molecule has 3 heterocycles. The van der Waals surface area contributed by atoms with Gasteiger partial charge in [0.1, 0.15) is 11.9 Å². The number of aryl methyl sites for hydroxylation is 2. The molecule has 0 radical (unpaired) electrons. The highest BCUT2D eigenvalue weighted by Gasteiger charge is 2.29. The van der Waals surface area contributed by atoms with Crippen LogP contribution in [0.25, 0.3) is 5.65 Å². The Kier molecular flexibility index (Phi) is 4.13. The van der Waals surface area contributed by atoms with E-state index < -0.39 is 0 Å². The molecule has 0 saturated carbocycles. The summed E-state index contributed by atoms with van der Waals surface area (Å²) in [6.07, 6.45) is 0.865. The van der Waals surface area contributed by atoms with Crippen molar-refractivity contribution in [2.24, 2.45) is 0 Å². The van der Waals surface area contributed by atoms with Gasteiger partial charge in [-0.1, -0.05) is 31.2 Å². The van der Waals surface area contributed by atoms with E-state index in [0.29, 0.717) is 6.61 Å². The molecule has 2 aromatic heterocycles. The minimum atomic E-state index is 0.0569. The van der Waals surface area contributed by atoms with Gasteiger partial charge >= 0.3 is 0 Å². The Balaban J connectivity index is 1.67. The number of rotatable bonds is 3. The van der Waals surface area contributed by atoms with E-state index in [1.165, 1.54) is 11.1 Å². The van der Waals surface area contributed by atoms with E-state index in [2.05, 4.69) is 60.1 Å². The fraction of sp³-hybridized carbons (Fsp3) is 0.421. The van der Waals surface area contributed by atoms with E-state index in [4.69, 9.17) is 9.84 Å². The van der Waals surface area contributed by atoms with Gasteiger partial charge in [0.2, 0.25) is 0 Å². The van der Waals surface area contributed by atoms with Crippen molar-refractivity contribution in [2.75, 3.05) is 18.1 Å². The van der Waals surface area contributed by atoms with Gasteiger partial charge in [-0.3, -0.25) is 0 Å². The van der Waals surface area contributed by atoms with Crippen LogP contribution in [0.1, 0.15) is 36.9 Å². The molecule has 0 amide bonds. The van der Waals surface area contributed by atoms with Crippen molar-refractivity contribution in [2.45, 2.75) is 39.3 Å². The molecule has 0 N–H and O–H groups in total. The number of hydrogen-bond donors (Lipinski definition) is 0. The molecule has 0 aliphatic carbocycles. The molecule has 6 heteroatoms. The lowest BCUT2D eigenvalue weighted by Gasteiger charge is -2.39. The SMILES string of the molecule is CCc1nnc2ccc(N3C[C@H](c4ccccc4C)OC[C@H]3C)nn12. The van der Waals surface area contributed by atoms with E-state index in [-0.39, 0.29) is 12.1 Å². The Morgan fingerprint density at radius 1 is 1.16 bits per heavy atom. The number of nitrogens with zero attached hydrogens (tertiary/aromatic N) is 5. The van der Waals surface area contributed by atoms with Gasteiger partial charge in [-0.25, -0.2) is 0 Å². The van der Waals surface area contributed by atoms with Crippen LogP contribution in [0.15, 0.2) is 36.4 Å². The van der Waals surface area contributed by atoms with Gasteiger partial charge in [0.25, 0.3) is 0 Å². The number of hydrogen-bond acceptors (Lipinski definition) is 5. The third-order valence-corrected chi connectivity index (χ3v) is 4.89. The number of benzene rings is 1. The van der Waals surface area contributed by atoms with Crippen LogP contribution in [0, 0.1) is 6.92 Å². The Morgan fingerprint density at radius 2 is 2.00 bits per heavy atom. The molecule has 0 spiro atoms. The first-order chi connectivity index (χ1) is 12.2. The summed E-state index contributed by atoms with van der Waals surface area (Å²) in [5.41, 5.74) is 3.30. The molecule has 25 heavy (non-hydrogen) atoms. The molecular weight excluding hydrogens is 314 g/mol. The summed E-state index contributed by atoms with van der Waals surface area (Å²) in [6, 6.07) is 12.7. The molecule has 4 rings (SSSR count). The zero-order chi connectivity index (χ0) is 17.4. The molecule has 1 aliphatic heterocycles. The number of aromatic nitrogens is 4. The highest BCUT2D eigenvalue weighted by Crippen LogP contribution is 2.29. The predicted molar refractivity (Wildman–Crippen MR) is 96.8 cm³/mol. The van der Waals surface area contributed by atoms with Gasteiger partial charge in [0.05, 0.1) is 19.2 Å². The van der Waals surface area contributed by atoms with E-state index in [9.17, 15) is 0 Å². The van der Waals surface area contributed by atoms with Crippen LogP contribution in [0.2, 0.25) is 0 Å². The quantitative estimate of drug-likeness (QED) is 0.735. The summed E-state index contributed by atoms with van der Waals surface area (Å²) < 4.78 is 7.97. The van der Waals surface area contributed by atoms with Crippen molar-refractivity contribution < 1.29 is 4.74 Å². The lowest BCUT2D eigenvalue weighted by atomic mass is 10.0. The predicted octanol–water partition coefficient (Wildman–Crippen LogP) is 2.96. The first-order valence-electron chi connectivity index (χ1n) is 8.82. The van der Waals surface area contributed by atoms with Crippen LogP contribution in [-0.2, 0) is 11.2 Å². The van der Waals surface area contributed by atoms with Gasteiger partial charge < -0.3 is 9.64 Å². The zero-order valence-corrected chi connectivity index (χ0v) is 14.9. The summed E-state index contributed by atoms with van der Waals surface area (Å²) in [5.74, 6) is 1.82. The summed E-state index contributed by atoms with van der Waals surface area (Å²) in [6.45, 7) is 7.84. The molecule has 1 saturated heterocycles. The third-order valence-electron chi connectivity index (χ3n) is 4.89. The maximum absolute atomic E-state index is 6.13. The molecule has 130 valence electrons. The zero-order valence-electron chi connectivity index (χ0n) is 14.9. The van der Waals surface area contributed by atoms with Crippen molar-refractivity contribution in [3.8, 4) is 0 Å². The van der Waals surface area contributed by atoms with E-state index in [1.54, 1.807) is 0 Å². The Labute approximate surface area is 147 Å². The van der Waals surface area contributed by atoms with Gasteiger partial charge in [0, 0.05) is 6.42 Å². The molecule has 6 nitrogen and oxygen atoms in total. The number of ether oxygens (including phenoxy) is 1. The van der Waals surface area contributed by atoms with Crippen molar-refractivity contribution in [1.82, 2.24) is 19.8 Å². The number of fused-ring (bicyclic) bond motifs is 1. The second-order valence-corrected chi connectivity index (χ2v) is 6.61. The summed E-state index contributed by atoms with van der Waals surface area (Å²) in [4.78, 5) is 2.32. The lowest BCUT2D eigenvalue weighted by molar-refractivity contribution is 0.0208. The smallest absolute Gasteiger partial charge is 0.178 e. The fourth-order valence-electron chi connectivity index (χ4n) is 3.41. The van der Waals surface area contributed by atoms with Crippen molar-refractivity contribution in [3.63, 3.8) is 0 Å². The lowest BCUT2D eigenvalue weighted by Crippen LogP contribution is -2.45. The number of anilines is 1. The standard InChI is InChI=1S/C19H23N5O/c1-4-17-20-21-18-9-10-19(22-24(17)18)23-11-16(25-12-14(23)3)15-8-6-5-7-13(15)2/h5-10,14,16H,4,11-12H2,1-3H3/t14-,16-/m1/s1. The summed E-state index contributed by atoms with van der Waals surface area (Å²) in [5, 5.41) is 13.2. The fourth-order valence-corrected chi connectivity index (χ4v) is 3.41. The highest BCUT2D eigenvalue weighted by atomic mass is 16.5. The van der Waals surface area contributed by atoms with E-state index in [0.717, 1.165) is 30.3 Å². The molecular formula is C19H23N5O. The Bertz CT molecular complexity index is 890. The van der Waals surface area contributed by atoms with Crippen LogP contribution in [-0.4, -0.2) is 39.0 Å². The second kappa shape index (κ2) is 6.44. The average molecular weight is 337 g/mol. The summed E-state index contributed by atoms with van der Waals surface area (Å²) in [7, 11) is 0. The van der Waals surface area contributed by atoms with Crippen LogP contribution in [0.4, 0.5) is 5.82 Å². The third kappa shape index (κ3) is 2.87. The minimum Gasteiger partial charge on any atom is -0.370 e. The molecule has 1 aromatic carbocycles. The first kappa shape index (κ1) is 16.0. The van der Waals surface area contributed by atoms with Crippen LogP contribution in [0.3, 0.4) is 0 Å².